The molecule has 0 spiro atoms. The lowest BCUT2D eigenvalue weighted by molar-refractivity contribution is 0.267. The van der Waals surface area contributed by atoms with E-state index in [0.717, 1.165) is 11.0 Å². The van der Waals surface area contributed by atoms with E-state index in [0.29, 0.717) is 18.1 Å². The van der Waals surface area contributed by atoms with Gasteiger partial charge in [-0.05, 0) is 23.8 Å². The molecule has 2 aromatic carbocycles. The van der Waals surface area contributed by atoms with E-state index in [2.05, 4.69) is 17.1 Å². The smallest absolute Gasteiger partial charge is 0.136 e. The second-order valence-corrected chi connectivity index (χ2v) is 4.51. The summed E-state index contributed by atoms with van der Waals surface area (Å²) in [6.07, 6.45) is 0. The molecule has 0 saturated carbocycles. The fourth-order valence-electron chi connectivity index (χ4n) is 2.26. The Kier molecular flexibility index (Phi) is 2.93. The molecule has 1 heterocycles. The Morgan fingerprint density at radius 3 is 2.63 bits per heavy atom. The fourth-order valence-corrected chi connectivity index (χ4v) is 2.26. The minimum atomic E-state index is -0.0819. The maximum absolute atomic E-state index is 9.45. The highest BCUT2D eigenvalue weighted by molar-refractivity contribution is 5.79. The number of rotatable bonds is 3. The molecule has 0 fully saturated rings. The van der Waals surface area contributed by atoms with E-state index in [1.54, 1.807) is 0 Å². The number of nitrogens with two attached hydrogens (primary N) is 1. The van der Waals surface area contributed by atoms with Crippen LogP contribution in [-0.4, -0.2) is 14.7 Å². The quantitative estimate of drug-likeness (QED) is 0.703. The topological polar surface area (TPSA) is 64.1 Å². The van der Waals surface area contributed by atoms with Gasteiger partial charge < -0.3 is 15.4 Å². The van der Waals surface area contributed by atoms with Crippen LogP contribution in [-0.2, 0) is 13.2 Å². The van der Waals surface area contributed by atoms with E-state index < -0.39 is 0 Å². The highest BCUT2D eigenvalue weighted by Crippen LogP contribution is 2.20. The zero-order chi connectivity index (χ0) is 13.2. The van der Waals surface area contributed by atoms with Crippen molar-refractivity contribution in [2.45, 2.75) is 13.2 Å². The molecule has 0 radical (unpaired) electrons. The van der Waals surface area contributed by atoms with Gasteiger partial charge in [0, 0.05) is 12.2 Å². The van der Waals surface area contributed by atoms with Crippen LogP contribution in [0, 0.1) is 0 Å². The minimum absolute atomic E-state index is 0.0819. The van der Waals surface area contributed by atoms with Crippen LogP contribution in [0.4, 0.5) is 5.69 Å². The minimum Gasteiger partial charge on any atom is -0.399 e. The second-order valence-electron chi connectivity index (χ2n) is 4.51. The largest absolute Gasteiger partial charge is 0.399 e. The van der Waals surface area contributed by atoms with Gasteiger partial charge in [-0.2, -0.15) is 0 Å². The van der Waals surface area contributed by atoms with E-state index in [1.807, 2.05) is 41.0 Å². The number of aliphatic hydroxyl groups is 1. The van der Waals surface area contributed by atoms with E-state index in [9.17, 15) is 5.11 Å². The molecule has 0 bridgehead atoms. The normalized spacial score (nSPS) is 11.0. The van der Waals surface area contributed by atoms with Crippen molar-refractivity contribution in [3.05, 3.63) is 59.9 Å². The van der Waals surface area contributed by atoms with Crippen molar-refractivity contribution >= 4 is 16.7 Å². The number of hydrogen-bond donors (Lipinski definition) is 2. The summed E-state index contributed by atoms with van der Waals surface area (Å²) in [5.41, 5.74) is 9.43. The molecule has 0 unspecified atom stereocenters. The van der Waals surface area contributed by atoms with Gasteiger partial charge >= 0.3 is 0 Å². The summed E-state index contributed by atoms with van der Waals surface area (Å²) in [7, 11) is 0. The Labute approximate surface area is 111 Å². The van der Waals surface area contributed by atoms with Crippen LogP contribution >= 0.6 is 0 Å². The van der Waals surface area contributed by atoms with Crippen molar-refractivity contribution in [2.75, 3.05) is 5.73 Å². The van der Waals surface area contributed by atoms with E-state index in [1.165, 1.54) is 5.56 Å². The number of nitrogens with zero attached hydrogens (tertiary/aromatic N) is 2. The Morgan fingerprint density at radius 2 is 1.89 bits per heavy atom. The van der Waals surface area contributed by atoms with Crippen LogP contribution in [0.1, 0.15) is 11.4 Å². The monoisotopic (exact) mass is 253 g/mol. The number of nitrogen functional groups attached to an aromatic ring is 1. The standard InChI is InChI=1S/C15H15N3O/c16-12-6-7-14-13(8-12)17-15(10-19)18(14)9-11-4-2-1-3-5-11/h1-8,19H,9-10,16H2. The zero-order valence-corrected chi connectivity index (χ0v) is 10.5. The van der Waals surface area contributed by atoms with Gasteiger partial charge in [0.15, 0.2) is 0 Å². The summed E-state index contributed by atoms with van der Waals surface area (Å²) in [5.74, 6) is 0.657. The van der Waals surface area contributed by atoms with Gasteiger partial charge in [0.05, 0.1) is 11.0 Å². The summed E-state index contributed by atoms with van der Waals surface area (Å²) >= 11 is 0. The van der Waals surface area contributed by atoms with Crippen LogP contribution in [0.15, 0.2) is 48.5 Å². The maximum Gasteiger partial charge on any atom is 0.136 e. The number of hydrogen-bond acceptors (Lipinski definition) is 3. The molecule has 19 heavy (non-hydrogen) atoms. The van der Waals surface area contributed by atoms with E-state index >= 15 is 0 Å². The van der Waals surface area contributed by atoms with Gasteiger partial charge in [0.1, 0.15) is 12.4 Å². The molecule has 0 amide bonds. The van der Waals surface area contributed by atoms with Crippen LogP contribution in [0.5, 0.6) is 0 Å². The highest BCUT2D eigenvalue weighted by atomic mass is 16.3. The molecule has 0 aliphatic rings. The number of anilines is 1. The van der Waals surface area contributed by atoms with Crippen LogP contribution in [0.2, 0.25) is 0 Å². The number of benzene rings is 2. The summed E-state index contributed by atoms with van der Waals surface area (Å²) in [4.78, 5) is 4.42. The zero-order valence-electron chi connectivity index (χ0n) is 10.5. The van der Waals surface area contributed by atoms with Gasteiger partial charge in [-0.15, -0.1) is 0 Å². The first-order valence-corrected chi connectivity index (χ1v) is 6.17. The molecule has 0 atom stereocenters. The van der Waals surface area contributed by atoms with Gasteiger partial charge in [0.2, 0.25) is 0 Å². The molecular formula is C15H15N3O. The van der Waals surface area contributed by atoms with Crippen molar-refractivity contribution in [3.63, 3.8) is 0 Å². The Bertz CT molecular complexity index is 704. The predicted octanol–water partition coefficient (Wildman–Crippen LogP) is 2.16. The lowest BCUT2D eigenvalue weighted by Crippen LogP contribution is -2.05. The SMILES string of the molecule is Nc1ccc2c(c1)nc(CO)n2Cc1ccccc1. The molecule has 3 rings (SSSR count). The van der Waals surface area contributed by atoms with Crippen molar-refractivity contribution < 1.29 is 5.11 Å². The van der Waals surface area contributed by atoms with Gasteiger partial charge in [-0.3, -0.25) is 0 Å². The van der Waals surface area contributed by atoms with Crippen molar-refractivity contribution in [2.24, 2.45) is 0 Å². The molecule has 0 aliphatic heterocycles. The molecule has 4 nitrogen and oxygen atoms in total. The van der Waals surface area contributed by atoms with Crippen LogP contribution < -0.4 is 5.73 Å². The number of imidazole rings is 1. The third-order valence-electron chi connectivity index (χ3n) is 3.18. The molecule has 0 saturated heterocycles. The van der Waals surface area contributed by atoms with Crippen molar-refractivity contribution in [1.29, 1.82) is 0 Å². The maximum atomic E-state index is 9.45. The van der Waals surface area contributed by atoms with E-state index in [4.69, 9.17) is 5.73 Å². The summed E-state index contributed by atoms with van der Waals surface area (Å²) in [5, 5.41) is 9.45. The summed E-state index contributed by atoms with van der Waals surface area (Å²) in [6, 6.07) is 15.7. The molecule has 1 aromatic heterocycles. The third kappa shape index (κ3) is 2.18. The summed E-state index contributed by atoms with van der Waals surface area (Å²) in [6.45, 7) is 0.610. The first-order valence-electron chi connectivity index (χ1n) is 6.17. The van der Waals surface area contributed by atoms with Crippen LogP contribution in [0.25, 0.3) is 11.0 Å². The molecule has 3 N–H and O–H groups in total. The average molecular weight is 253 g/mol. The number of aliphatic hydroxyl groups excluding tert-OH is 1. The Balaban J connectivity index is 2.11. The average Bonchev–Trinajstić information content (AvgIpc) is 2.77. The first kappa shape index (κ1) is 11.7. The van der Waals surface area contributed by atoms with Gasteiger partial charge in [-0.25, -0.2) is 4.98 Å². The summed E-state index contributed by atoms with van der Waals surface area (Å²) < 4.78 is 2.02. The molecular weight excluding hydrogens is 238 g/mol. The predicted molar refractivity (Wildman–Crippen MR) is 75.6 cm³/mol. The second kappa shape index (κ2) is 4.74. The fraction of sp³-hybridized carbons (Fsp3) is 0.133. The van der Waals surface area contributed by atoms with E-state index in [-0.39, 0.29) is 6.61 Å². The lowest BCUT2D eigenvalue weighted by Gasteiger charge is -2.08. The molecule has 0 aliphatic carbocycles. The van der Waals surface area contributed by atoms with Gasteiger partial charge in [-0.1, -0.05) is 30.3 Å². The lowest BCUT2D eigenvalue weighted by atomic mass is 10.2. The van der Waals surface area contributed by atoms with Crippen molar-refractivity contribution in [3.8, 4) is 0 Å². The highest BCUT2D eigenvalue weighted by Gasteiger charge is 2.10. The molecule has 3 aromatic rings. The third-order valence-corrected chi connectivity index (χ3v) is 3.18. The first-order chi connectivity index (χ1) is 9.28. The van der Waals surface area contributed by atoms with Crippen LogP contribution in [0.3, 0.4) is 0 Å². The van der Waals surface area contributed by atoms with Gasteiger partial charge in [0.25, 0.3) is 0 Å². The molecule has 4 heteroatoms. The Morgan fingerprint density at radius 1 is 1.11 bits per heavy atom. The molecule has 96 valence electrons. The Hall–Kier alpha value is -2.33. The van der Waals surface area contributed by atoms with Crippen molar-refractivity contribution in [1.82, 2.24) is 9.55 Å². The number of fused-ring (bicyclic) bond motifs is 1. The number of aromatic nitrogens is 2.